The van der Waals surface area contributed by atoms with Gasteiger partial charge in [0.15, 0.2) is 0 Å². The van der Waals surface area contributed by atoms with Crippen molar-refractivity contribution in [3.63, 3.8) is 0 Å². The summed E-state index contributed by atoms with van der Waals surface area (Å²) in [4.78, 5) is 23.5. The number of nitrogens with zero attached hydrogens (tertiary/aromatic N) is 1. The molecule has 0 saturated carbocycles. The molecular formula is C9H18N2O3. The van der Waals surface area contributed by atoms with Crippen molar-refractivity contribution in [2.75, 3.05) is 7.05 Å². The first-order valence-corrected chi connectivity index (χ1v) is 4.47. The van der Waals surface area contributed by atoms with E-state index in [4.69, 9.17) is 5.11 Å². The van der Waals surface area contributed by atoms with E-state index in [2.05, 4.69) is 5.32 Å². The molecule has 2 N–H and O–H groups in total. The summed E-state index contributed by atoms with van der Waals surface area (Å²) in [5, 5.41) is 11.5. The van der Waals surface area contributed by atoms with Gasteiger partial charge in [0, 0.05) is 13.1 Å². The van der Waals surface area contributed by atoms with Crippen molar-refractivity contribution >= 4 is 12.0 Å². The van der Waals surface area contributed by atoms with Gasteiger partial charge in [-0.3, -0.25) is 0 Å². The number of carbonyl (C=O) groups is 2. The second-order valence-corrected chi connectivity index (χ2v) is 4.03. The quantitative estimate of drug-likeness (QED) is 0.714. The van der Waals surface area contributed by atoms with Gasteiger partial charge in [0.25, 0.3) is 0 Å². The third-order valence-electron chi connectivity index (χ3n) is 2.08. The van der Waals surface area contributed by atoms with Crippen LogP contribution in [0, 0.1) is 0 Å². The van der Waals surface area contributed by atoms with E-state index in [0.717, 1.165) is 0 Å². The number of carboxylic acid groups (broad SMARTS) is 1. The molecule has 0 aromatic heterocycles. The summed E-state index contributed by atoms with van der Waals surface area (Å²) in [6, 6.07) is -0.387. The number of rotatable bonds is 3. The van der Waals surface area contributed by atoms with Gasteiger partial charge in [-0.05, 0) is 27.7 Å². The minimum absolute atomic E-state index is 0.00505. The lowest BCUT2D eigenvalue weighted by Gasteiger charge is -2.32. The fourth-order valence-electron chi connectivity index (χ4n) is 0.741. The number of hydrogen-bond acceptors (Lipinski definition) is 2. The molecule has 0 aliphatic rings. The summed E-state index contributed by atoms with van der Waals surface area (Å²) in [5.74, 6) is -1.03. The maximum atomic E-state index is 11.5. The molecule has 0 aliphatic heterocycles. The number of likely N-dealkylation sites (N-methyl/N-ethyl adjacent to an activating group) is 1. The Bertz CT molecular complexity index is 236. The highest BCUT2D eigenvalue weighted by Gasteiger charge is 2.35. The molecule has 2 amide bonds. The normalized spacial score (nSPS) is 11.3. The molecule has 0 saturated heterocycles. The zero-order valence-electron chi connectivity index (χ0n) is 9.29. The van der Waals surface area contributed by atoms with Gasteiger partial charge in [0.2, 0.25) is 0 Å². The van der Waals surface area contributed by atoms with Gasteiger partial charge in [-0.25, -0.2) is 9.59 Å². The van der Waals surface area contributed by atoms with Crippen LogP contribution in [0.1, 0.15) is 27.7 Å². The average molecular weight is 202 g/mol. The summed E-state index contributed by atoms with van der Waals surface area (Å²) in [6.07, 6.45) is 0. The fourth-order valence-corrected chi connectivity index (χ4v) is 0.741. The lowest BCUT2D eigenvalue weighted by Crippen LogP contribution is -2.55. The van der Waals surface area contributed by atoms with Crippen LogP contribution >= 0.6 is 0 Å². The topological polar surface area (TPSA) is 69.6 Å². The number of carboxylic acids is 1. The van der Waals surface area contributed by atoms with Gasteiger partial charge in [-0.1, -0.05) is 0 Å². The monoisotopic (exact) mass is 202 g/mol. The van der Waals surface area contributed by atoms with Crippen molar-refractivity contribution in [1.82, 2.24) is 10.2 Å². The van der Waals surface area contributed by atoms with E-state index < -0.39 is 11.5 Å². The minimum Gasteiger partial charge on any atom is -0.480 e. The molecular weight excluding hydrogens is 184 g/mol. The van der Waals surface area contributed by atoms with Crippen LogP contribution in [0.3, 0.4) is 0 Å². The van der Waals surface area contributed by atoms with Crippen molar-refractivity contribution in [2.45, 2.75) is 39.3 Å². The van der Waals surface area contributed by atoms with Crippen molar-refractivity contribution in [3.05, 3.63) is 0 Å². The summed E-state index contributed by atoms with van der Waals surface area (Å²) in [7, 11) is 1.46. The second kappa shape index (κ2) is 4.30. The molecule has 0 radical (unpaired) electrons. The van der Waals surface area contributed by atoms with Crippen LogP contribution in [-0.2, 0) is 4.79 Å². The first-order chi connectivity index (χ1) is 6.19. The number of urea groups is 1. The SMILES string of the molecule is CC(C)NC(=O)N(C)C(C)(C)C(=O)O. The Labute approximate surface area is 84.1 Å². The lowest BCUT2D eigenvalue weighted by atomic mass is 10.1. The largest absolute Gasteiger partial charge is 0.480 e. The average Bonchev–Trinajstić information content (AvgIpc) is 2.01. The van der Waals surface area contributed by atoms with Crippen LogP contribution < -0.4 is 5.32 Å². The van der Waals surface area contributed by atoms with Crippen molar-refractivity contribution in [3.8, 4) is 0 Å². The molecule has 0 aliphatic carbocycles. The lowest BCUT2D eigenvalue weighted by molar-refractivity contribution is -0.146. The van der Waals surface area contributed by atoms with E-state index >= 15 is 0 Å². The molecule has 14 heavy (non-hydrogen) atoms. The Morgan fingerprint density at radius 3 is 2.07 bits per heavy atom. The van der Waals surface area contributed by atoms with Crippen molar-refractivity contribution in [1.29, 1.82) is 0 Å². The summed E-state index contributed by atoms with van der Waals surface area (Å²) in [6.45, 7) is 6.60. The number of hydrogen-bond donors (Lipinski definition) is 2. The molecule has 5 nitrogen and oxygen atoms in total. The Morgan fingerprint density at radius 2 is 1.79 bits per heavy atom. The zero-order chi connectivity index (χ0) is 11.5. The third kappa shape index (κ3) is 2.90. The van der Waals surface area contributed by atoms with Gasteiger partial charge < -0.3 is 15.3 Å². The highest BCUT2D eigenvalue weighted by molar-refractivity contribution is 5.85. The molecule has 0 rings (SSSR count). The predicted octanol–water partition coefficient (Wildman–Crippen LogP) is 0.899. The van der Waals surface area contributed by atoms with Crippen LogP contribution in [-0.4, -0.2) is 40.6 Å². The van der Waals surface area contributed by atoms with Gasteiger partial charge >= 0.3 is 12.0 Å². The van der Waals surface area contributed by atoms with Crippen LogP contribution in [0.4, 0.5) is 4.79 Å². The second-order valence-electron chi connectivity index (χ2n) is 4.03. The Kier molecular flexibility index (Phi) is 3.92. The zero-order valence-corrected chi connectivity index (χ0v) is 9.29. The van der Waals surface area contributed by atoms with E-state index in [1.807, 2.05) is 13.8 Å². The molecule has 82 valence electrons. The van der Waals surface area contributed by atoms with E-state index in [1.165, 1.54) is 25.8 Å². The summed E-state index contributed by atoms with van der Waals surface area (Å²) >= 11 is 0. The molecule has 0 heterocycles. The molecule has 5 heteroatoms. The van der Waals surface area contributed by atoms with Gasteiger partial charge in [0.05, 0.1) is 0 Å². The Balaban J connectivity index is 4.53. The molecule has 0 fully saturated rings. The van der Waals surface area contributed by atoms with Crippen molar-refractivity contribution in [2.24, 2.45) is 0 Å². The fraction of sp³-hybridized carbons (Fsp3) is 0.778. The van der Waals surface area contributed by atoms with E-state index in [0.29, 0.717) is 0 Å². The number of aliphatic carboxylic acids is 1. The van der Waals surface area contributed by atoms with Crippen LogP contribution in [0.15, 0.2) is 0 Å². The maximum absolute atomic E-state index is 11.5. The molecule has 0 aromatic carbocycles. The van der Waals surface area contributed by atoms with E-state index in [9.17, 15) is 9.59 Å². The third-order valence-corrected chi connectivity index (χ3v) is 2.08. The first kappa shape index (κ1) is 12.7. The summed E-state index contributed by atoms with van der Waals surface area (Å²) in [5.41, 5.74) is -1.20. The van der Waals surface area contributed by atoms with Gasteiger partial charge in [0.1, 0.15) is 5.54 Å². The molecule has 0 atom stereocenters. The molecule has 0 aromatic rings. The minimum atomic E-state index is -1.20. The highest BCUT2D eigenvalue weighted by atomic mass is 16.4. The molecule has 0 unspecified atom stereocenters. The standard InChI is InChI=1S/C9H18N2O3/c1-6(2)10-8(14)11(5)9(3,4)7(12)13/h6H,1-5H3,(H,10,14)(H,12,13). The van der Waals surface area contributed by atoms with Gasteiger partial charge in [-0.15, -0.1) is 0 Å². The first-order valence-electron chi connectivity index (χ1n) is 4.47. The molecule has 0 spiro atoms. The smallest absolute Gasteiger partial charge is 0.329 e. The van der Waals surface area contributed by atoms with E-state index in [-0.39, 0.29) is 12.1 Å². The number of nitrogens with one attached hydrogen (secondary N) is 1. The van der Waals surface area contributed by atoms with Gasteiger partial charge in [-0.2, -0.15) is 0 Å². The summed E-state index contributed by atoms with van der Waals surface area (Å²) < 4.78 is 0. The van der Waals surface area contributed by atoms with Crippen molar-refractivity contribution < 1.29 is 14.7 Å². The van der Waals surface area contributed by atoms with Crippen LogP contribution in [0.5, 0.6) is 0 Å². The number of carbonyl (C=O) groups excluding carboxylic acids is 1. The Hall–Kier alpha value is -1.26. The Morgan fingerprint density at radius 1 is 1.36 bits per heavy atom. The number of amides is 2. The van der Waals surface area contributed by atoms with Crippen LogP contribution in [0.25, 0.3) is 0 Å². The maximum Gasteiger partial charge on any atom is 0.329 e. The molecule has 0 bridgehead atoms. The highest BCUT2D eigenvalue weighted by Crippen LogP contribution is 2.12. The predicted molar refractivity (Wildman–Crippen MR) is 53.1 cm³/mol. The van der Waals surface area contributed by atoms with Crippen LogP contribution in [0.2, 0.25) is 0 Å². The van der Waals surface area contributed by atoms with E-state index in [1.54, 1.807) is 0 Å².